The number of amides is 2. The molecule has 1 aromatic carbocycles. The maximum atomic E-state index is 13.2. The summed E-state index contributed by atoms with van der Waals surface area (Å²) < 4.78 is 38.9. The smallest absolute Gasteiger partial charge is 0.315 e. The van der Waals surface area contributed by atoms with Crippen LogP contribution in [0.3, 0.4) is 0 Å². The van der Waals surface area contributed by atoms with Crippen molar-refractivity contribution in [1.29, 1.82) is 0 Å². The highest BCUT2D eigenvalue weighted by Crippen LogP contribution is 2.22. The molecule has 1 fully saturated rings. The van der Waals surface area contributed by atoms with E-state index in [1.54, 1.807) is 0 Å². The van der Waals surface area contributed by atoms with E-state index in [0.29, 0.717) is 6.07 Å². The van der Waals surface area contributed by atoms with Gasteiger partial charge < -0.3 is 10.6 Å². The van der Waals surface area contributed by atoms with E-state index in [-0.39, 0.29) is 12.1 Å². The van der Waals surface area contributed by atoms with Crippen molar-refractivity contribution < 1.29 is 18.0 Å². The molecule has 1 aromatic rings. The maximum absolute atomic E-state index is 13.2. The van der Waals surface area contributed by atoms with E-state index in [9.17, 15) is 18.0 Å². The third-order valence-electron chi connectivity index (χ3n) is 2.17. The fraction of sp³-hybridized carbons (Fsp3) is 0.222. The number of carbonyl (C=O) groups is 1. The summed E-state index contributed by atoms with van der Waals surface area (Å²) in [4.78, 5) is 10.8. The van der Waals surface area contributed by atoms with Crippen LogP contribution in [-0.2, 0) is 0 Å². The summed E-state index contributed by atoms with van der Waals surface area (Å²) in [6.07, 6.45) is 0. The summed E-state index contributed by atoms with van der Waals surface area (Å²) in [6.45, 7) is 0.110. The molecular weight excluding hydrogens is 209 g/mol. The molecule has 0 spiro atoms. The number of hydrogen-bond acceptors (Lipinski definition) is 1. The largest absolute Gasteiger partial charge is 0.336 e. The molecule has 6 heteroatoms. The third kappa shape index (κ3) is 1.74. The Balaban J connectivity index is 2.39. The van der Waals surface area contributed by atoms with Crippen molar-refractivity contribution in [2.45, 2.75) is 6.04 Å². The van der Waals surface area contributed by atoms with E-state index < -0.39 is 29.5 Å². The average molecular weight is 216 g/mol. The first-order chi connectivity index (χ1) is 7.08. The molecule has 1 aliphatic rings. The minimum atomic E-state index is -1.26. The number of halogens is 3. The zero-order valence-electron chi connectivity index (χ0n) is 7.48. The van der Waals surface area contributed by atoms with E-state index in [4.69, 9.17) is 0 Å². The Kier molecular flexibility index (Phi) is 2.26. The number of hydrogen-bond donors (Lipinski definition) is 2. The Morgan fingerprint density at radius 2 is 2.00 bits per heavy atom. The van der Waals surface area contributed by atoms with Crippen molar-refractivity contribution in [2.24, 2.45) is 0 Å². The summed E-state index contributed by atoms with van der Waals surface area (Å²) in [5.41, 5.74) is -0.189. The van der Waals surface area contributed by atoms with Gasteiger partial charge in [-0.1, -0.05) is 0 Å². The summed E-state index contributed by atoms with van der Waals surface area (Å²) in [6, 6.07) is 0.117. The van der Waals surface area contributed by atoms with Crippen LogP contribution >= 0.6 is 0 Å². The van der Waals surface area contributed by atoms with Crippen LogP contribution < -0.4 is 10.6 Å². The van der Waals surface area contributed by atoms with Crippen LogP contribution in [-0.4, -0.2) is 12.6 Å². The molecule has 2 rings (SSSR count). The first-order valence-corrected chi connectivity index (χ1v) is 4.26. The van der Waals surface area contributed by atoms with Gasteiger partial charge in [-0.3, -0.25) is 0 Å². The lowest BCUT2D eigenvalue weighted by molar-refractivity contribution is 0.247. The quantitative estimate of drug-likeness (QED) is 0.685. The minimum Gasteiger partial charge on any atom is -0.336 e. The molecule has 15 heavy (non-hydrogen) atoms. The number of nitrogens with one attached hydrogen (secondary N) is 2. The predicted octanol–water partition coefficient (Wildman–Crippen LogP) is 1.46. The summed E-state index contributed by atoms with van der Waals surface area (Å²) in [5.74, 6) is -3.26. The van der Waals surface area contributed by atoms with E-state index in [0.717, 1.165) is 6.07 Å². The molecule has 0 unspecified atom stereocenters. The van der Waals surface area contributed by atoms with Crippen LogP contribution in [0.4, 0.5) is 18.0 Å². The molecule has 1 heterocycles. The first-order valence-electron chi connectivity index (χ1n) is 4.26. The number of benzene rings is 1. The molecule has 1 saturated heterocycles. The van der Waals surface area contributed by atoms with Gasteiger partial charge >= 0.3 is 6.03 Å². The highest BCUT2D eigenvalue weighted by Gasteiger charge is 2.26. The average Bonchev–Trinajstić information content (AvgIpc) is 2.58. The molecule has 2 amide bonds. The molecule has 0 radical (unpaired) electrons. The van der Waals surface area contributed by atoms with E-state index >= 15 is 0 Å². The second-order valence-corrected chi connectivity index (χ2v) is 3.20. The van der Waals surface area contributed by atoms with Gasteiger partial charge in [0, 0.05) is 18.2 Å². The lowest BCUT2D eigenvalue weighted by atomic mass is 10.1. The monoisotopic (exact) mass is 216 g/mol. The first kappa shape index (κ1) is 9.82. The summed E-state index contributed by atoms with van der Waals surface area (Å²) >= 11 is 0. The number of urea groups is 1. The van der Waals surface area contributed by atoms with Gasteiger partial charge in [-0.2, -0.15) is 0 Å². The van der Waals surface area contributed by atoms with Crippen LogP contribution in [0.1, 0.15) is 11.6 Å². The number of carbonyl (C=O) groups excluding carboxylic acids is 1. The molecule has 0 bridgehead atoms. The highest BCUT2D eigenvalue weighted by molar-refractivity contribution is 5.76. The molecule has 2 N–H and O–H groups in total. The molecule has 0 aliphatic carbocycles. The Morgan fingerprint density at radius 3 is 2.60 bits per heavy atom. The van der Waals surface area contributed by atoms with Crippen molar-refractivity contribution in [3.63, 3.8) is 0 Å². The maximum Gasteiger partial charge on any atom is 0.315 e. The Hall–Kier alpha value is -1.72. The molecular formula is C9H7F3N2O. The fourth-order valence-corrected chi connectivity index (χ4v) is 1.47. The summed E-state index contributed by atoms with van der Waals surface area (Å²) in [7, 11) is 0. The number of rotatable bonds is 1. The Labute approximate surface area is 83.3 Å². The normalized spacial score (nSPS) is 19.9. The van der Waals surface area contributed by atoms with Gasteiger partial charge in [0.25, 0.3) is 0 Å². The lowest BCUT2D eigenvalue weighted by Crippen LogP contribution is -2.22. The minimum absolute atomic E-state index is 0.110. The SMILES string of the molecule is O=C1NC[C@@H](c2cc(F)cc(F)c2F)N1. The van der Waals surface area contributed by atoms with Gasteiger partial charge in [0.2, 0.25) is 0 Å². The molecule has 0 aromatic heterocycles. The highest BCUT2D eigenvalue weighted by atomic mass is 19.2. The van der Waals surface area contributed by atoms with Crippen LogP contribution in [0.5, 0.6) is 0 Å². The lowest BCUT2D eigenvalue weighted by Gasteiger charge is -2.10. The second-order valence-electron chi connectivity index (χ2n) is 3.20. The van der Waals surface area contributed by atoms with E-state index in [2.05, 4.69) is 10.6 Å². The molecule has 1 atom stereocenters. The van der Waals surface area contributed by atoms with Gasteiger partial charge in [-0.25, -0.2) is 18.0 Å². The van der Waals surface area contributed by atoms with Crippen LogP contribution in [0, 0.1) is 17.5 Å². The van der Waals surface area contributed by atoms with Crippen LogP contribution in [0.2, 0.25) is 0 Å². The van der Waals surface area contributed by atoms with Gasteiger partial charge in [0.05, 0.1) is 6.04 Å². The second kappa shape index (κ2) is 3.45. The van der Waals surface area contributed by atoms with Gasteiger partial charge in [-0.05, 0) is 6.07 Å². The summed E-state index contributed by atoms with van der Waals surface area (Å²) in [5, 5.41) is 4.71. The Bertz CT molecular complexity index is 422. The van der Waals surface area contributed by atoms with Crippen molar-refractivity contribution in [2.75, 3.05) is 6.54 Å². The van der Waals surface area contributed by atoms with Gasteiger partial charge in [0.1, 0.15) is 5.82 Å². The molecule has 1 aliphatic heterocycles. The Morgan fingerprint density at radius 1 is 1.27 bits per heavy atom. The third-order valence-corrected chi connectivity index (χ3v) is 2.17. The fourth-order valence-electron chi connectivity index (χ4n) is 1.47. The van der Waals surface area contributed by atoms with E-state index in [1.807, 2.05) is 0 Å². The zero-order valence-corrected chi connectivity index (χ0v) is 7.48. The standard InChI is InChI=1S/C9H7F3N2O/c10-4-1-5(8(12)6(11)2-4)7-3-13-9(15)14-7/h1-2,7H,3H2,(H2,13,14,15)/t7-/m0/s1. The van der Waals surface area contributed by atoms with Crippen molar-refractivity contribution >= 4 is 6.03 Å². The van der Waals surface area contributed by atoms with Crippen LogP contribution in [0.25, 0.3) is 0 Å². The van der Waals surface area contributed by atoms with Crippen molar-refractivity contribution in [1.82, 2.24) is 10.6 Å². The van der Waals surface area contributed by atoms with Crippen molar-refractivity contribution in [3.05, 3.63) is 35.1 Å². The van der Waals surface area contributed by atoms with Gasteiger partial charge in [-0.15, -0.1) is 0 Å². The van der Waals surface area contributed by atoms with E-state index in [1.165, 1.54) is 0 Å². The van der Waals surface area contributed by atoms with Crippen LogP contribution in [0.15, 0.2) is 12.1 Å². The topological polar surface area (TPSA) is 41.1 Å². The molecule has 0 saturated carbocycles. The molecule has 3 nitrogen and oxygen atoms in total. The zero-order chi connectivity index (χ0) is 11.0. The van der Waals surface area contributed by atoms with Crippen molar-refractivity contribution in [3.8, 4) is 0 Å². The molecule has 80 valence electrons. The van der Waals surface area contributed by atoms with Gasteiger partial charge in [0.15, 0.2) is 11.6 Å². The predicted molar refractivity (Wildman–Crippen MR) is 45.6 cm³/mol.